The van der Waals surface area contributed by atoms with E-state index >= 15 is 0 Å². The van der Waals surface area contributed by atoms with Gasteiger partial charge in [0.1, 0.15) is 30.8 Å². The number of allylic oxidation sites excluding steroid dienone is 18. The fourth-order valence-corrected chi connectivity index (χ4v) is 14.9. The maximum absolute atomic E-state index is 14.9. The van der Waals surface area contributed by atoms with Crippen LogP contribution in [0.5, 0.6) is 0 Å². The number of hydrogen-bond donors (Lipinski definition) is 0. The van der Waals surface area contributed by atoms with Crippen LogP contribution < -0.4 is 0 Å². The van der Waals surface area contributed by atoms with Crippen LogP contribution in [0.2, 0.25) is 0 Å². The summed E-state index contributed by atoms with van der Waals surface area (Å²) in [4.78, 5) is 83.7. The Morgan fingerprint density at radius 2 is 0.738 bits per heavy atom. The van der Waals surface area contributed by atoms with Gasteiger partial charge in [0.05, 0.1) is 23.9 Å². The van der Waals surface area contributed by atoms with E-state index in [4.69, 9.17) is 79.6 Å². The van der Waals surface area contributed by atoms with Crippen LogP contribution >= 0.6 is 46.4 Å². The summed E-state index contributed by atoms with van der Waals surface area (Å²) in [6, 6.07) is 0. The van der Waals surface area contributed by atoms with Crippen molar-refractivity contribution in [1.29, 1.82) is 0 Å². The van der Waals surface area contributed by atoms with Gasteiger partial charge in [0, 0.05) is 48.8 Å². The molecular formula is C86H136Cl4O13. The lowest BCUT2D eigenvalue weighted by Crippen LogP contribution is -2.50. The fourth-order valence-electron chi connectivity index (χ4n) is 12.9. The van der Waals surface area contributed by atoms with Crippen LogP contribution in [0.25, 0.3) is 0 Å². The molecule has 13 nitrogen and oxygen atoms in total. The first kappa shape index (κ1) is 94.7. The van der Waals surface area contributed by atoms with Gasteiger partial charge in [-0.1, -0.05) is 319 Å². The molecule has 0 spiro atoms. The Morgan fingerprint density at radius 1 is 0.398 bits per heavy atom. The fraction of sp³-hybridized carbons (Fsp3) is 0.721. The molecule has 2 rings (SSSR count). The summed E-state index contributed by atoms with van der Waals surface area (Å²) in [7, 11) is 1.37. The zero-order valence-electron chi connectivity index (χ0n) is 64.5. The summed E-state index contributed by atoms with van der Waals surface area (Å²) < 4.78 is 39.1. The molecule has 0 radical (unpaired) electrons. The molecule has 6 unspecified atom stereocenters. The van der Waals surface area contributed by atoms with E-state index in [-0.39, 0.29) is 42.4 Å². The second-order valence-electron chi connectivity index (χ2n) is 28.3. The number of ether oxygens (including phenoxy) is 7. The molecule has 0 aromatic heterocycles. The van der Waals surface area contributed by atoms with Crippen molar-refractivity contribution in [2.75, 3.05) is 40.1 Å². The highest BCUT2D eigenvalue weighted by atomic mass is 35.5. The topological polar surface area (TPSA) is 167 Å². The van der Waals surface area contributed by atoms with E-state index in [1.165, 1.54) is 168 Å². The maximum Gasteiger partial charge on any atom is 0.311 e. The second kappa shape index (κ2) is 61.6. The van der Waals surface area contributed by atoms with Gasteiger partial charge in [-0.3, -0.25) is 28.8 Å². The smallest absolute Gasteiger partial charge is 0.311 e. The summed E-state index contributed by atoms with van der Waals surface area (Å²) in [6.07, 6.45) is 75.1. The van der Waals surface area contributed by atoms with Crippen molar-refractivity contribution in [2.45, 2.75) is 333 Å². The molecule has 17 heteroatoms. The molecule has 0 aromatic carbocycles. The lowest BCUT2D eigenvalue weighted by atomic mass is 9.74. The number of unbranched alkanes of at least 4 members (excludes halogenated alkanes) is 31. The highest BCUT2D eigenvalue weighted by molar-refractivity contribution is 6.54. The summed E-state index contributed by atoms with van der Waals surface area (Å²) >= 11 is 28.2. The van der Waals surface area contributed by atoms with Crippen molar-refractivity contribution in [3.05, 3.63) is 107 Å². The predicted molar refractivity (Wildman–Crippen MR) is 425 cm³/mol. The van der Waals surface area contributed by atoms with Crippen LogP contribution in [0.3, 0.4) is 0 Å². The minimum Gasteiger partial charge on any atom is -0.462 e. The maximum atomic E-state index is 14.9. The molecule has 1 fully saturated rings. The van der Waals surface area contributed by atoms with Gasteiger partial charge in [-0.2, -0.15) is 0 Å². The highest BCUT2D eigenvalue weighted by Gasteiger charge is 2.77. The van der Waals surface area contributed by atoms with E-state index in [1.54, 1.807) is 0 Å². The molecule has 6 atom stereocenters. The van der Waals surface area contributed by atoms with Gasteiger partial charge < -0.3 is 33.2 Å². The molecule has 2 aliphatic rings. The Hall–Kier alpha value is -4.40. The minimum absolute atomic E-state index is 0.0181. The third-order valence-electron chi connectivity index (χ3n) is 19.1. The van der Waals surface area contributed by atoms with Crippen molar-refractivity contribution in [3.63, 3.8) is 0 Å². The number of carbonyl (C=O) groups excluding carboxylic acids is 6. The zero-order chi connectivity index (χ0) is 75.3. The first-order valence-corrected chi connectivity index (χ1v) is 41.7. The molecule has 0 amide bonds. The predicted octanol–water partition coefficient (Wildman–Crippen LogP) is 24.4. The largest absolute Gasteiger partial charge is 0.462 e. The van der Waals surface area contributed by atoms with E-state index in [0.717, 1.165) is 51.4 Å². The van der Waals surface area contributed by atoms with E-state index in [0.29, 0.717) is 51.4 Å². The Morgan fingerprint density at radius 3 is 1.17 bits per heavy atom. The quantitative estimate of drug-likeness (QED) is 0.0141. The lowest BCUT2D eigenvalue weighted by Gasteiger charge is -2.36. The van der Waals surface area contributed by atoms with Crippen LogP contribution in [0.1, 0.15) is 317 Å². The van der Waals surface area contributed by atoms with Crippen molar-refractivity contribution >= 4 is 82.2 Å². The Kier molecular flexibility index (Phi) is 56.6. The summed E-state index contributed by atoms with van der Waals surface area (Å²) in [6.45, 7) is 7.81. The second-order valence-corrected chi connectivity index (χ2v) is 30.5. The summed E-state index contributed by atoms with van der Waals surface area (Å²) in [5.41, 5.74) is -3.58. The highest BCUT2D eigenvalue weighted by Crippen LogP contribution is 2.74. The van der Waals surface area contributed by atoms with E-state index in [9.17, 15) is 28.8 Å². The number of rotatable bonds is 66. The van der Waals surface area contributed by atoms with Crippen LogP contribution in [0.4, 0.5) is 0 Å². The number of fused-ring (bicyclic) bond motifs is 2. The zero-order valence-corrected chi connectivity index (χ0v) is 67.5. The number of esters is 6. The summed E-state index contributed by atoms with van der Waals surface area (Å²) in [5.74, 6) is -8.71. The number of hydrogen-bond acceptors (Lipinski definition) is 13. The van der Waals surface area contributed by atoms with Crippen LogP contribution in [-0.4, -0.2) is 92.0 Å². The van der Waals surface area contributed by atoms with Gasteiger partial charge in [-0.05, 0) is 116 Å². The van der Waals surface area contributed by atoms with Crippen LogP contribution in [-0.2, 0) is 61.9 Å². The molecule has 2 aliphatic carbocycles. The molecule has 0 N–H and O–H groups in total. The van der Waals surface area contributed by atoms with Crippen molar-refractivity contribution in [3.8, 4) is 0 Å². The van der Waals surface area contributed by atoms with E-state index in [2.05, 4.69) is 64.2 Å². The SMILES string of the molecule is CCCCCCC/C=C/CC/C=C/CCCC(=O)OC(COC(=O)CCC/C=C/C=C/CCCCCCCCC)COC(=O)C1C(C(=O)OCC(COC)(COC(=O)CCC/C=C/C=C/CCCCCCCCC)OC(=O)CCC/C=C/C=C/CCCCCCCCC)C2C(Cl)=C(Cl)C1(C)C2(Cl)Cl. The monoisotopic (exact) mass is 1520 g/mol. The van der Waals surface area contributed by atoms with Gasteiger partial charge >= 0.3 is 35.8 Å². The van der Waals surface area contributed by atoms with Gasteiger partial charge in [0.2, 0.25) is 5.60 Å². The Bertz CT molecular complexity index is 2580. The molecule has 0 saturated heterocycles. The third-order valence-corrected chi connectivity index (χ3v) is 21.5. The molecule has 103 heavy (non-hydrogen) atoms. The van der Waals surface area contributed by atoms with Crippen LogP contribution in [0.15, 0.2) is 107 Å². The molecular weight excluding hydrogens is 1380 g/mol. The van der Waals surface area contributed by atoms with E-state index in [1.807, 2.05) is 60.8 Å². The molecule has 0 aliphatic heterocycles. The van der Waals surface area contributed by atoms with Gasteiger partial charge in [-0.15, -0.1) is 0 Å². The number of alkyl halides is 2. The van der Waals surface area contributed by atoms with Crippen LogP contribution in [0, 0.1) is 23.2 Å². The molecule has 0 aromatic rings. The van der Waals surface area contributed by atoms with E-state index < -0.39 is 101 Å². The average Bonchev–Trinajstić information content (AvgIpc) is 1.51. The molecule has 2 bridgehead atoms. The van der Waals surface area contributed by atoms with Crippen molar-refractivity contribution < 1.29 is 61.9 Å². The van der Waals surface area contributed by atoms with Gasteiger partial charge in [-0.25, -0.2) is 0 Å². The normalized spacial score (nSPS) is 18.3. The average molecular weight is 1520 g/mol. The first-order valence-electron chi connectivity index (χ1n) is 40.2. The molecule has 1 saturated carbocycles. The van der Waals surface area contributed by atoms with Gasteiger partial charge in [0.25, 0.3) is 0 Å². The Labute approximate surface area is 644 Å². The van der Waals surface area contributed by atoms with Crippen molar-refractivity contribution in [1.82, 2.24) is 0 Å². The summed E-state index contributed by atoms with van der Waals surface area (Å²) in [5, 5.41) is -0.120. The Balaban J connectivity index is 2.31. The molecule has 0 heterocycles. The number of methoxy groups -OCH3 is 1. The lowest BCUT2D eigenvalue weighted by molar-refractivity contribution is -0.195. The van der Waals surface area contributed by atoms with Gasteiger partial charge in [0.15, 0.2) is 6.10 Å². The standard InChI is InChI=1S/C86H136Cl4O13/c1-7-11-15-19-23-27-31-35-39-43-47-51-55-59-63-73(91)98-67-72(102-75(93)65-61-57-53-49-45-41-37-33-29-25-21-17-13-9-3)68-99-83(96)79-77(78-80(87)81(88)84(79,5)86(78,89)90)82(95)101-71-85(69-97-6,103-76(94)66-62-58-54-50-46-42-38-34-30-26-22-18-14-10-4)70-100-74(92)64-60-56-52-48-44-40-36-32-28-24-20-16-12-8-2/h33,37,39-40,42-44,46-54,72,77-79H,7-32,34-36,38,41,45,55-71H2,1-6H3/b37-33+,43-39+,44-40+,46-42+,51-47+,52-48+,53-49+,54-50+. The third kappa shape index (κ3) is 42.1. The first-order chi connectivity index (χ1) is 50.0. The van der Waals surface area contributed by atoms with Crippen molar-refractivity contribution in [2.24, 2.45) is 23.2 Å². The number of halogens is 4. The number of carbonyl (C=O) groups is 6. The minimum atomic E-state index is -1.96. The molecule has 586 valence electrons.